The van der Waals surface area contributed by atoms with Crippen LogP contribution in [0.25, 0.3) is 0 Å². The van der Waals surface area contributed by atoms with Crippen LogP contribution in [0.3, 0.4) is 0 Å². The van der Waals surface area contributed by atoms with Crippen molar-refractivity contribution in [2.24, 2.45) is 0 Å². The average molecular weight is 599 g/mol. The molecule has 6 nitrogen and oxygen atoms in total. The summed E-state index contributed by atoms with van der Waals surface area (Å²) in [6.07, 6.45) is -8.83. The van der Waals surface area contributed by atoms with Crippen LogP contribution in [0.4, 0.5) is 26.3 Å². The summed E-state index contributed by atoms with van der Waals surface area (Å²) in [4.78, 5) is 0. The zero-order valence-corrected chi connectivity index (χ0v) is 22.3. The Morgan fingerprint density at radius 1 is 0.548 bits per heavy atom. The van der Waals surface area contributed by atoms with Crippen molar-refractivity contribution in [1.82, 2.24) is 0 Å². The first-order valence-electron chi connectivity index (χ1n) is 13.3. The molecule has 2 unspecified atom stereocenters. The van der Waals surface area contributed by atoms with E-state index in [0.717, 1.165) is 25.0 Å². The standard InChI is InChI=1S/C30H28F6O6/c31-29(32,33)27-25(41-15-19-1-5-21(6-2-19)37-13-11-23-17-39-23)9-10-26(28(27)30(34,35)36)42-16-20-3-7-22(8-4-20)38-14-12-24-18-40-24/h1-10,23-24H,11-18H2. The van der Waals surface area contributed by atoms with Gasteiger partial charge in [0.1, 0.15) is 47.3 Å². The second kappa shape index (κ2) is 12.7. The van der Waals surface area contributed by atoms with Gasteiger partial charge in [0.05, 0.1) is 38.6 Å². The van der Waals surface area contributed by atoms with Crippen LogP contribution in [0, 0.1) is 0 Å². The lowest BCUT2D eigenvalue weighted by Gasteiger charge is -2.22. The molecule has 0 amide bonds. The summed E-state index contributed by atoms with van der Waals surface area (Å²) in [5.41, 5.74) is -3.00. The highest BCUT2D eigenvalue weighted by Gasteiger charge is 2.48. The molecule has 226 valence electrons. The quantitative estimate of drug-likeness (QED) is 0.144. The molecule has 0 N–H and O–H groups in total. The lowest BCUT2D eigenvalue weighted by molar-refractivity contribution is -0.164. The molecular weight excluding hydrogens is 570 g/mol. The number of alkyl halides is 6. The van der Waals surface area contributed by atoms with E-state index in [0.29, 0.717) is 49.1 Å². The first-order valence-corrected chi connectivity index (χ1v) is 13.3. The van der Waals surface area contributed by atoms with Crippen molar-refractivity contribution in [3.05, 3.63) is 82.9 Å². The van der Waals surface area contributed by atoms with Gasteiger partial charge in [-0.25, -0.2) is 0 Å². The van der Waals surface area contributed by atoms with Crippen molar-refractivity contribution in [3.8, 4) is 23.0 Å². The lowest BCUT2D eigenvalue weighted by Crippen LogP contribution is -2.20. The van der Waals surface area contributed by atoms with Gasteiger partial charge in [-0.15, -0.1) is 0 Å². The van der Waals surface area contributed by atoms with E-state index in [-0.39, 0.29) is 12.2 Å². The summed E-state index contributed by atoms with van der Waals surface area (Å²) in [5, 5.41) is 0. The Hall–Kier alpha value is -3.64. The van der Waals surface area contributed by atoms with Gasteiger partial charge in [0, 0.05) is 12.8 Å². The molecule has 0 bridgehead atoms. The van der Waals surface area contributed by atoms with Gasteiger partial charge in [0.25, 0.3) is 0 Å². The molecule has 0 radical (unpaired) electrons. The highest BCUT2D eigenvalue weighted by atomic mass is 19.4. The topological polar surface area (TPSA) is 62.0 Å². The van der Waals surface area contributed by atoms with Crippen molar-refractivity contribution in [1.29, 1.82) is 0 Å². The van der Waals surface area contributed by atoms with E-state index in [1.807, 2.05) is 0 Å². The minimum atomic E-state index is -5.37. The highest BCUT2D eigenvalue weighted by Crippen LogP contribution is 2.49. The molecule has 2 aliphatic rings. The number of rotatable bonds is 14. The molecule has 12 heteroatoms. The minimum absolute atomic E-state index is 0.211. The number of hydrogen-bond acceptors (Lipinski definition) is 6. The molecule has 5 rings (SSSR count). The summed E-state index contributed by atoms with van der Waals surface area (Å²) in [7, 11) is 0. The van der Waals surface area contributed by atoms with Gasteiger partial charge in [-0.05, 0) is 47.5 Å². The van der Waals surface area contributed by atoms with Crippen LogP contribution in [-0.2, 0) is 35.0 Å². The molecule has 2 aliphatic heterocycles. The number of epoxide rings is 2. The molecule has 3 aromatic carbocycles. The van der Waals surface area contributed by atoms with Gasteiger partial charge in [-0.2, -0.15) is 26.3 Å². The molecule has 2 atom stereocenters. The first kappa shape index (κ1) is 29.8. The molecule has 0 spiro atoms. The summed E-state index contributed by atoms with van der Waals surface area (Å²) >= 11 is 0. The van der Waals surface area contributed by atoms with E-state index in [9.17, 15) is 26.3 Å². The first-order chi connectivity index (χ1) is 20.1. The maximum absolute atomic E-state index is 14.1. The lowest BCUT2D eigenvalue weighted by atomic mass is 10.0. The number of benzene rings is 3. The van der Waals surface area contributed by atoms with Crippen molar-refractivity contribution in [2.75, 3.05) is 26.4 Å². The SMILES string of the molecule is FC(F)(F)c1c(OCc2ccc(OCCC3CO3)cc2)ccc(OCc2ccc(OCCC3CO3)cc2)c1C(F)(F)F. The third-order valence-electron chi connectivity index (χ3n) is 6.55. The molecule has 42 heavy (non-hydrogen) atoms. The average Bonchev–Trinajstić information content (AvgIpc) is 3.88. The third kappa shape index (κ3) is 8.45. The molecule has 0 aromatic heterocycles. The molecule has 2 heterocycles. The van der Waals surface area contributed by atoms with Crippen molar-refractivity contribution >= 4 is 0 Å². The Morgan fingerprint density at radius 2 is 0.905 bits per heavy atom. The zero-order chi connectivity index (χ0) is 29.7. The van der Waals surface area contributed by atoms with Gasteiger partial charge >= 0.3 is 12.4 Å². The second-order valence-electron chi connectivity index (χ2n) is 9.86. The van der Waals surface area contributed by atoms with Crippen LogP contribution in [-0.4, -0.2) is 38.6 Å². The monoisotopic (exact) mass is 598 g/mol. The Bertz CT molecular complexity index is 1210. The predicted octanol–water partition coefficient (Wildman–Crippen LogP) is 7.22. The molecule has 2 saturated heterocycles. The number of hydrogen-bond donors (Lipinski definition) is 0. The summed E-state index contributed by atoms with van der Waals surface area (Å²) in [5.74, 6) is -0.820. The molecular formula is C30H28F6O6. The van der Waals surface area contributed by atoms with E-state index in [2.05, 4.69) is 0 Å². The zero-order valence-electron chi connectivity index (χ0n) is 22.3. The summed E-state index contributed by atoms with van der Waals surface area (Å²) in [6, 6.07) is 14.4. The van der Waals surface area contributed by atoms with Gasteiger partial charge in [-0.3, -0.25) is 0 Å². The van der Waals surface area contributed by atoms with E-state index in [4.69, 9.17) is 28.4 Å². The molecule has 2 fully saturated rings. The largest absolute Gasteiger partial charge is 0.493 e. The Labute approximate surface area is 238 Å². The normalized spacial score (nSPS) is 18.0. The van der Waals surface area contributed by atoms with Gasteiger partial charge < -0.3 is 28.4 Å². The van der Waals surface area contributed by atoms with Crippen LogP contribution >= 0.6 is 0 Å². The smallest absolute Gasteiger partial charge is 0.420 e. The van der Waals surface area contributed by atoms with Crippen LogP contribution in [0.1, 0.15) is 35.1 Å². The Balaban J connectivity index is 1.26. The van der Waals surface area contributed by atoms with E-state index < -0.39 is 48.2 Å². The Morgan fingerprint density at radius 3 is 1.21 bits per heavy atom. The number of halogens is 6. The van der Waals surface area contributed by atoms with Crippen LogP contribution in [0.2, 0.25) is 0 Å². The van der Waals surface area contributed by atoms with E-state index in [1.165, 1.54) is 0 Å². The third-order valence-corrected chi connectivity index (χ3v) is 6.55. The minimum Gasteiger partial charge on any atom is -0.493 e. The van der Waals surface area contributed by atoms with Crippen molar-refractivity contribution in [3.63, 3.8) is 0 Å². The second-order valence-corrected chi connectivity index (χ2v) is 9.86. The predicted molar refractivity (Wildman–Crippen MR) is 138 cm³/mol. The van der Waals surface area contributed by atoms with Gasteiger partial charge in [0.2, 0.25) is 0 Å². The van der Waals surface area contributed by atoms with Gasteiger partial charge in [-0.1, -0.05) is 24.3 Å². The summed E-state index contributed by atoms with van der Waals surface area (Å²) in [6.45, 7) is 1.53. The van der Waals surface area contributed by atoms with Crippen LogP contribution in [0.15, 0.2) is 60.7 Å². The maximum Gasteiger partial charge on any atom is 0.420 e. The fourth-order valence-electron chi connectivity index (χ4n) is 4.14. The van der Waals surface area contributed by atoms with Gasteiger partial charge in [0.15, 0.2) is 0 Å². The van der Waals surface area contributed by atoms with E-state index in [1.54, 1.807) is 48.5 Å². The fraction of sp³-hybridized carbons (Fsp3) is 0.400. The summed E-state index contributed by atoms with van der Waals surface area (Å²) < 4.78 is 116. The molecule has 3 aromatic rings. The number of ether oxygens (including phenoxy) is 6. The molecule has 0 saturated carbocycles. The fourth-order valence-corrected chi connectivity index (χ4v) is 4.14. The molecule has 0 aliphatic carbocycles. The van der Waals surface area contributed by atoms with E-state index >= 15 is 0 Å². The Kier molecular flexibility index (Phi) is 9.02. The highest BCUT2D eigenvalue weighted by molar-refractivity contribution is 5.52. The van der Waals surface area contributed by atoms with Crippen molar-refractivity contribution in [2.45, 2.75) is 50.6 Å². The van der Waals surface area contributed by atoms with Crippen LogP contribution in [0.5, 0.6) is 23.0 Å². The van der Waals surface area contributed by atoms with Crippen LogP contribution < -0.4 is 18.9 Å². The van der Waals surface area contributed by atoms with Crippen molar-refractivity contribution < 1.29 is 54.8 Å². The maximum atomic E-state index is 14.1.